The monoisotopic (exact) mass is 610 g/mol. The number of para-hydroxylation sites is 1. The number of nitrogens with one attached hydrogen (secondary N) is 3. The molecule has 1 aliphatic carbocycles. The quantitative estimate of drug-likeness (QED) is 0.277. The minimum Gasteiger partial charge on any atom is -0.493 e. The summed E-state index contributed by atoms with van der Waals surface area (Å²) in [7, 11) is 4.69. The van der Waals surface area contributed by atoms with E-state index in [-0.39, 0.29) is 22.9 Å². The average molecular weight is 611 g/mol. The van der Waals surface area contributed by atoms with Crippen LogP contribution in [-0.4, -0.2) is 55.6 Å². The number of nitrogens with zero attached hydrogens (tertiary/aromatic N) is 1. The van der Waals surface area contributed by atoms with Crippen molar-refractivity contribution in [3.05, 3.63) is 81.1 Å². The molecule has 1 aromatic heterocycles. The van der Waals surface area contributed by atoms with E-state index in [4.69, 9.17) is 14.2 Å². The van der Waals surface area contributed by atoms with Crippen molar-refractivity contribution in [3.63, 3.8) is 0 Å². The second-order valence-electron chi connectivity index (χ2n) is 11.6. The van der Waals surface area contributed by atoms with Crippen LogP contribution in [0.5, 0.6) is 17.2 Å². The molecule has 0 unspecified atom stereocenters. The average Bonchev–Trinajstić information content (AvgIpc) is 3.26. The number of methoxy groups -OCH3 is 3. The number of aryl methyl sites for hydroxylation is 1. The lowest BCUT2D eigenvalue weighted by molar-refractivity contribution is -0.132. The van der Waals surface area contributed by atoms with Crippen LogP contribution in [0.3, 0.4) is 0 Å². The number of aromatic amines is 1. The highest BCUT2D eigenvalue weighted by Gasteiger charge is 2.31. The highest BCUT2D eigenvalue weighted by atomic mass is 16.5. The van der Waals surface area contributed by atoms with Gasteiger partial charge < -0.3 is 34.7 Å². The fraction of sp³-hybridized carbons (Fsp3) is 0.343. The van der Waals surface area contributed by atoms with Gasteiger partial charge >= 0.3 is 0 Å². The molecule has 2 amide bonds. The molecule has 6 rings (SSSR count). The highest BCUT2D eigenvalue weighted by Crippen LogP contribution is 2.50. The normalized spacial score (nSPS) is 16.0. The van der Waals surface area contributed by atoms with E-state index >= 15 is 0 Å². The molecule has 4 aromatic rings. The Kier molecular flexibility index (Phi) is 8.14. The van der Waals surface area contributed by atoms with Gasteiger partial charge in [0.05, 0.1) is 33.1 Å². The number of anilines is 1. The van der Waals surface area contributed by atoms with Gasteiger partial charge in [0.15, 0.2) is 11.5 Å². The standard InChI is InChI=1S/C35H38N4O6/c1-19(35(42)39-15-14-28-25(18-39)22-8-6-7-9-26(22)38-28)36-29-13-11-23-24(17-30(29)41)27(37-20(2)40)12-10-21-16-31(43-3)33(44-4)34(45-5)32(21)23/h6-9,11,13,16-17,19,27,38H,10,12,14-15,18H2,1-5H3,(H,36,41)(H,37,40)/t19-,27-/m0/s1. The van der Waals surface area contributed by atoms with Crippen molar-refractivity contribution in [1.29, 1.82) is 0 Å². The second kappa shape index (κ2) is 12.2. The third-order valence-electron chi connectivity index (χ3n) is 8.85. The molecule has 10 heteroatoms. The van der Waals surface area contributed by atoms with Gasteiger partial charge in [-0.1, -0.05) is 24.3 Å². The van der Waals surface area contributed by atoms with Crippen molar-refractivity contribution in [2.45, 2.75) is 51.7 Å². The van der Waals surface area contributed by atoms with Crippen molar-refractivity contribution in [3.8, 4) is 28.4 Å². The van der Waals surface area contributed by atoms with E-state index < -0.39 is 12.1 Å². The summed E-state index contributed by atoms with van der Waals surface area (Å²) in [5, 5.41) is 7.35. The third kappa shape index (κ3) is 5.45. The molecule has 3 N–H and O–H groups in total. The zero-order chi connectivity index (χ0) is 31.8. The Morgan fingerprint density at radius 2 is 1.78 bits per heavy atom. The Labute approximate surface area is 261 Å². The molecule has 0 fully saturated rings. The molecule has 10 nitrogen and oxygen atoms in total. The number of ether oxygens (including phenoxy) is 3. The number of benzene rings is 2. The molecular formula is C35H38N4O6. The third-order valence-corrected chi connectivity index (χ3v) is 8.85. The number of H-pyrrole nitrogens is 1. The Morgan fingerprint density at radius 3 is 2.51 bits per heavy atom. The van der Waals surface area contributed by atoms with Crippen LogP contribution < -0.4 is 30.3 Å². The molecular weight excluding hydrogens is 572 g/mol. The highest BCUT2D eigenvalue weighted by molar-refractivity contribution is 5.88. The first-order valence-electron chi connectivity index (χ1n) is 15.1. The predicted molar refractivity (Wildman–Crippen MR) is 173 cm³/mol. The maximum absolute atomic E-state index is 13.8. The van der Waals surface area contributed by atoms with Crippen LogP contribution in [0.2, 0.25) is 0 Å². The zero-order valence-corrected chi connectivity index (χ0v) is 26.2. The summed E-state index contributed by atoms with van der Waals surface area (Å²) in [4.78, 5) is 45.0. The molecule has 2 atom stereocenters. The number of amides is 2. The Morgan fingerprint density at radius 1 is 1.00 bits per heavy atom. The summed E-state index contributed by atoms with van der Waals surface area (Å²) in [5.74, 6) is 1.17. The lowest BCUT2D eigenvalue weighted by Crippen LogP contribution is -2.44. The maximum atomic E-state index is 13.8. The molecule has 2 heterocycles. The van der Waals surface area contributed by atoms with E-state index in [1.807, 2.05) is 35.2 Å². The molecule has 0 bridgehead atoms. The van der Waals surface area contributed by atoms with Gasteiger partial charge in [-0.05, 0) is 60.7 Å². The molecule has 0 radical (unpaired) electrons. The van der Waals surface area contributed by atoms with Crippen LogP contribution in [0.4, 0.5) is 5.69 Å². The summed E-state index contributed by atoms with van der Waals surface area (Å²) in [5.41, 5.74) is 6.48. The van der Waals surface area contributed by atoms with Crippen molar-refractivity contribution in [1.82, 2.24) is 15.2 Å². The van der Waals surface area contributed by atoms with Gasteiger partial charge in [-0.15, -0.1) is 0 Å². The number of carbonyl (C=O) groups excluding carboxylic acids is 2. The fourth-order valence-corrected chi connectivity index (χ4v) is 6.75. The van der Waals surface area contributed by atoms with Crippen LogP contribution in [0.1, 0.15) is 48.7 Å². The van der Waals surface area contributed by atoms with Crippen molar-refractivity contribution < 1.29 is 23.8 Å². The number of rotatable bonds is 7. The maximum Gasteiger partial charge on any atom is 0.245 e. The van der Waals surface area contributed by atoms with Crippen LogP contribution in [0, 0.1) is 0 Å². The summed E-state index contributed by atoms with van der Waals surface area (Å²) in [6, 6.07) is 14.1. The molecule has 0 spiro atoms. The van der Waals surface area contributed by atoms with Crippen LogP contribution in [0.15, 0.2) is 53.3 Å². The summed E-state index contributed by atoms with van der Waals surface area (Å²) in [6.07, 6.45) is 1.90. The van der Waals surface area contributed by atoms with E-state index in [1.165, 1.54) is 6.92 Å². The van der Waals surface area contributed by atoms with E-state index in [1.54, 1.807) is 40.4 Å². The van der Waals surface area contributed by atoms with Gasteiger partial charge in [0, 0.05) is 54.2 Å². The topological polar surface area (TPSA) is 122 Å². The first kappa shape index (κ1) is 30.1. The van der Waals surface area contributed by atoms with Gasteiger partial charge in [-0.2, -0.15) is 0 Å². The summed E-state index contributed by atoms with van der Waals surface area (Å²) < 4.78 is 17.2. The van der Waals surface area contributed by atoms with Crippen molar-refractivity contribution >= 4 is 28.4 Å². The largest absolute Gasteiger partial charge is 0.493 e. The van der Waals surface area contributed by atoms with E-state index in [9.17, 15) is 14.4 Å². The summed E-state index contributed by atoms with van der Waals surface area (Å²) in [6.45, 7) is 4.34. The zero-order valence-electron chi connectivity index (χ0n) is 26.2. The van der Waals surface area contributed by atoms with Gasteiger partial charge in [-0.3, -0.25) is 14.4 Å². The first-order chi connectivity index (χ1) is 21.7. The minimum absolute atomic E-state index is 0.0848. The lowest BCUT2D eigenvalue weighted by Gasteiger charge is -2.30. The van der Waals surface area contributed by atoms with Gasteiger partial charge in [0.2, 0.25) is 23.0 Å². The predicted octanol–water partition coefficient (Wildman–Crippen LogP) is 4.73. The SMILES string of the molecule is COc1cc2c(c(OC)c1OC)-c1ccc(N[C@@H](C)C(=O)N3CCc4[nH]c5ccccc5c4C3)c(=O)cc1[C@@H](NC(C)=O)CC2. The molecule has 2 aliphatic rings. The van der Waals surface area contributed by atoms with Crippen molar-refractivity contribution in [2.24, 2.45) is 0 Å². The van der Waals surface area contributed by atoms with Crippen LogP contribution >= 0.6 is 0 Å². The lowest BCUT2D eigenvalue weighted by atomic mass is 9.95. The molecule has 0 saturated heterocycles. The van der Waals surface area contributed by atoms with Gasteiger partial charge in [0.1, 0.15) is 6.04 Å². The Bertz CT molecular complexity index is 1870. The smallest absolute Gasteiger partial charge is 0.245 e. The van der Waals surface area contributed by atoms with E-state index in [0.717, 1.165) is 45.3 Å². The molecule has 0 saturated carbocycles. The van der Waals surface area contributed by atoms with Crippen LogP contribution in [0.25, 0.3) is 22.0 Å². The number of fused-ring (bicyclic) bond motifs is 6. The molecule has 3 aromatic carbocycles. The number of carbonyl (C=O) groups is 2. The van der Waals surface area contributed by atoms with Crippen LogP contribution in [-0.2, 0) is 29.0 Å². The Hall–Kier alpha value is -4.99. The first-order valence-corrected chi connectivity index (χ1v) is 15.1. The van der Waals surface area contributed by atoms with E-state index in [2.05, 4.69) is 21.7 Å². The molecule has 45 heavy (non-hydrogen) atoms. The summed E-state index contributed by atoms with van der Waals surface area (Å²) >= 11 is 0. The van der Waals surface area contributed by atoms with Gasteiger partial charge in [0.25, 0.3) is 0 Å². The molecule has 234 valence electrons. The minimum atomic E-state index is -0.649. The Balaban J connectivity index is 1.36. The molecule has 1 aliphatic heterocycles. The fourth-order valence-electron chi connectivity index (χ4n) is 6.75. The number of hydrogen-bond donors (Lipinski definition) is 3. The second-order valence-corrected chi connectivity index (χ2v) is 11.6. The number of hydrogen-bond acceptors (Lipinski definition) is 7. The van der Waals surface area contributed by atoms with E-state index in [0.29, 0.717) is 48.7 Å². The van der Waals surface area contributed by atoms with Crippen molar-refractivity contribution in [2.75, 3.05) is 33.2 Å². The number of aromatic nitrogens is 1. The van der Waals surface area contributed by atoms with Gasteiger partial charge in [-0.25, -0.2) is 0 Å².